The van der Waals surface area contributed by atoms with Gasteiger partial charge in [-0.2, -0.15) is 0 Å². The number of esters is 1. The fourth-order valence-corrected chi connectivity index (χ4v) is 3.38. The molecule has 0 aromatic rings. The maximum atomic E-state index is 12.7. The maximum Gasteiger partial charge on any atom is 0.307 e. The lowest BCUT2D eigenvalue weighted by atomic mass is 9.83. The Morgan fingerprint density at radius 1 is 1.00 bits per heavy atom. The van der Waals surface area contributed by atoms with Gasteiger partial charge in [0.1, 0.15) is 0 Å². The van der Waals surface area contributed by atoms with Crippen LogP contribution in [0.1, 0.15) is 71.1 Å². The van der Waals surface area contributed by atoms with E-state index < -0.39 is 0 Å². The summed E-state index contributed by atoms with van der Waals surface area (Å²) in [5, 5.41) is 0. The van der Waals surface area contributed by atoms with Gasteiger partial charge in [0.05, 0.1) is 13.0 Å². The van der Waals surface area contributed by atoms with E-state index in [0.717, 1.165) is 25.7 Å². The molecular weight excluding hydrogens is 266 g/mol. The van der Waals surface area contributed by atoms with Crippen LogP contribution in [-0.2, 0) is 14.3 Å². The van der Waals surface area contributed by atoms with Crippen molar-refractivity contribution in [2.24, 2.45) is 5.92 Å². The Bertz CT molecular complexity index is 344. The van der Waals surface area contributed by atoms with Crippen molar-refractivity contribution >= 4 is 11.9 Å². The highest BCUT2D eigenvalue weighted by atomic mass is 16.5. The van der Waals surface area contributed by atoms with Gasteiger partial charge in [0.15, 0.2) is 0 Å². The van der Waals surface area contributed by atoms with Gasteiger partial charge in [0.2, 0.25) is 5.91 Å². The fraction of sp³-hybridized carbons (Fsp3) is 0.882. The first-order valence-corrected chi connectivity index (χ1v) is 8.68. The topological polar surface area (TPSA) is 46.6 Å². The quantitative estimate of drug-likeness (QED) is 0.558. The van der Waals surface area contributed by atoms with Crippen LogP contribution in [0.3, 0.4) is 0 Å². The minimum atomic E-state index is -0.183. The summed E-state index contributed by atoms with van der Waals surface area (Å²) < 4.78 is 5.01. The van der Waals surface area contributed by atoms with Crippen LogP contribution in [0, 0.1) is 5.92 Å². The van der Waals surface area contributed by atoms with Crippen LogP contribution in [0.25, 0.3) is 0 Å². The van der Waals surface area contributed by atoms with Crippen LogP contribution in [0.4, 0.5) is 0 Å². The van der Waals surface area contributed by atoms with Crippen molar-refractivity contribution in [3.63, 3.8) is 0 Å². The first kappa shape index (κ1) is 16.3. The minimum absolute atomic E-state index is 0.183. The summed E-state index contributed by atoms with van der Waals surface area (Å²) in [6.45, 7) is 2.78. The number of hydrogen-bond donors (Lipinski definition) is 0. The predicted molar refractivity (Wildman–Crippen MR) is 81.8 cm³/mol. The molecule has 120 valence electrons. The first-order valence-electron chi connectivity index (χ1n) is 8.68. The Morgan fingerprint density at radius 3 is 2.19 bits per heavy atom. The zero-order chi connectivity index (χ0) is 15.1. The van der Waals surface area contributed by atoms with E-state index in [1.165, 1.54) is 32.1 Å². The van der Waals surface area contributed by atoms with E-state index in [-0.39, 0.29) is 17.8 Å². The van der Waals surface area contributed by atoms with Crippen LogP contribution >= 0.6 is 0 Å². The highest BCUT2D eigenvalue weighted by Gasteiger charge is 2.33. The third-order valence-corrected chi connectivity index (χ3v) is 4.87. The van der Waals surface area contributed by atoms with Gasteiger partial charge in [0, 0.05) is 18.5 Å². The van der Waals surface area contributed by atoms with Crippen molar-refractivity contribution in [2.45, 2.75) is 77.2 Å². The maximum absolute atomic E-state index is 12.7. The van der Waals surface area contributed by atoms with Crippen LogP contribution < -0.4 is 0 Å². The summed E-state index contributed by atoms with van der Waals surface area (Å²) in [5.41, 5.74) is 0. The normalized spacial score (nSPS) is 20.4. The summed E-state index contributed by atoms with van der Waals surface area (Å²) in [7, 11) is 0. The molecule has 4 nitrogen and oxygen atoms in total. The molecule has 0 N–H and O–H groups in total. The summed E-state index contributed by atoms with van der Waals surface area (Å²) in [5.74, 6) is 0.324. The van der Waals surface area contributed by atoms with Crippen molar-refractivity contribution in [3.05, 3.63) is 0 Å². The molecule has 0 spiro atoms. The summed E-state index contributed by atoms with van der Waals surface area (Å²) in [6, 6.07) is 0.343. The molecule has 0 radical (unpaired) electrons. The molecular formula is C17H29NO3. The molecule has 2 aliphatic rings. The highest BCUT2D eigenvalue weighted by Crippen LogP contribution is 2.31. The van der Waals surface area contributed by atoms with E-state index >= 15 is 0 Å². The lowest BCUT2D eigenvalue weighted by molar-refractivity contribution is -0.146. The lowest BCUT2D eigenvalue weighted by Gasteiger charge is -2.36. The van der Waals surface area contributed by atoms with Crippen molar-refractivity contribution < 1.29 is 14.3 Å². The second-order valence-corrected chi connectivity index (χ2v) is 6.36. The number of rotatable bonds is 6. The Morgan fingerprint density at radius 2 is 1.67 bits per heavy atom. The van der Waals surface area contributed by atoms with E-state index in [4.69, 9.17) is 4.74 Å². The van der Waals surface area contributed by atoms with E-state index in [1.54, 1.807) is 0 Å². The van der Waals surface area contributed by atoms with Crippen molar-refractivity contribution in [1.82, 2.24) is 4.90 Å². The molecule has 21 heavy (non-hydrogen) atoms. The van der Waals surface area contributed by atoms with Gasteiger partial charge >= 0.3 is 5.97 Å². The molecule has 2 fully saturated rings. The number of ether oxygens (including phenoxy) is 1. The summed E-state index contributed by atoms with van der Waals surface area (Å²) in [4.78, 5) is 26.3. The third-order valence-electron chi connectivity index (χ3n) is 4.87. The Kier molecular flexibility index (Phi) is 6.52. The van der Waals surface area contributed by atoms with E-state index in [9.17, 15) is 9.59 Å². The molecule has 2 rings (SSSR count). The van der Waals surface area contributed by atoms with Crippen LogP contribution in [0.2, 0.25) is 0 Å². The van der Waals surface area contributed by atoms with E-state index in [1.807, 2.05) is 11.8 Å². The molecule has 2 saturated carbocycles. The predicted octanol–water partition coefficient (Wildman–Crippen LogP) is 3.29. The molecule has 0 aromatic carbocycles. The first-order chi connectivity index (χ1) is 10.2. The number of nitrogens with zero attached hydrogens (tertiary/aromatic N) is 1. The number of carbonyl (C=O) groups is 2. The van der Waals surface area contributed by atoms with Gasteiger partial charge < -0.3 is 9.64 Å². The summed E-state index contributed by atoms with van der Waals surface area (Å²) >= 11 is 0. The second-order valence-electron chi connectivity index (χ2n) is 6.36. The number of amides is 1. The van der Waals surface area contributed by atoms with Crippen LogP contribution in [0.15, 0.2) is 0 Å². The molecule has 4 heteroatoms. The minimum Gasteiger partial charge on any atom is -0.466 e. The molecule has 0 bridgehead atoms. The van der Waals surface area contributed by atoms with Crippen molar-refractivity contribution in [1.29, 1.82) is 0 Å². The van der Waals surface area contributed by atoms with E-state index in [0.29, 0.717) is 25.6 Å². The molecule has 0 aromatic heterocycles. The van der Waals surface area contributed by atoms with Gasteiger partial charge in [-0.25, -0.2) is 0 Å². The zero-order valence-corrected chi connectivity index (χ0v) is 13.3. The molecule has 1 amide bonds. The monoisotopic (exact) mass is 295 g/mol. The third kappa shape index (κ3) is 4.72. The molecule has 0 aliphatic heterocycles. The molecule has 0 saturated heterocycles. The van der Waals surface area contributed by atoms with Crippen LogP contribution in [-0.4, -0.2) is 36.0 Å². The van der Waals surface area contributed by atoms with Gasteiger partial charge in [-0.1, -0.05) is 32.1 Å². The van der Waals surface area contributed by atoms with E-state index in [2.05, 4.69) is 0 Å². The zero-order valence-electron chi connectivity index (χ0n) is 13.3. The smallest absolute Gasteiger partial charge is 0.307 e. The standard InChI is InChI=1S/C17H29NO3/c1-2-21-16(19)12-13-18(17(20)14-8-7-9-14)15-10-5-3-4-6-11-15/h14-15H,2-13H2,1H3. The van der Waals surface area contributed by atoms with Gasteiger partial charge in [0.25, 0.3) is 0 Å². The average molecular weight is 295 g/mol. The molecule has 2 aliphatic carbocycles. The second kappa shape index (κ2) is 8.40. The van der Waals surface area contributed by atoms with Gasteiger partial charge in [-0.05, 0) is 32.6 Å². The van der Waals surface area contributed by atoms with Gasteiger partial charge in [-0.15, -0.1) is 0 Å². The lowest BCUT2D eigenvalue weighted by Crippen LogP contribution is -2.46. The average Bonchev–Trinajstić information content (AvgIpc) is 2.66. The Balaban J connectivity index is 1.94. The number of hydrogen-bond acceptors (Lipinski definition) is 3. The Labute approximate surface area is 128 Å². The number of carbonyl (C=O) groups excluding carboxylic acids is 2. The molecule has 0 heterocycles. The highest BCUT2D eigenvalue weighted by molar-refractivity contribution is 5.80. The fourth-order valence-electron chi connectivity index (χ4n) is 3.38. The van der Waals surface area contributed by atoms with Gasteiger partial charge in [-0.3, -0.25) is 9.59 Å². The van der Waals surface area contributed by atoms with Crippen LogP contribution in [0.5, 0.6) is 0 Å². The van der Waals surface area contributed by atoms with Crippen molar-refractivity contribution in [3.8, 4) is 0 Å². The summed E-state index contributed by atoms with van der Waals surface area (Å²) in [6.07, 6.45) is 10.7. The largest absolute Gasteiger partial charge is 0.466 e. The Hall–Kier alpha value is -1.06. The molecule has 0 atom stereocenters. The SMILES string of the molecule is CCOC(=O)CCN(C(=O)C1CCC1)C1CCCCCC1. The molecule has 0 unspecified atom stereocenters. The van der Waals surface area contributed by atoms with Crippen molar-refractivity contribution in [2.75, 3.05) is 13.2 Å².